The molecule has 23 nitrogen and oxygen atoms in total. The highest BCUT2D eigenvalue weighted by Gasteiger charge is 2.65. The van der Waals surface area contributed by atoms with Crippen molar-refractivity contribution in [1.29, 1.82) is 0 Å². The number of carbonyl (C=O) groups excluding carboxylic acids is 11. The minimum atomic E-state index is -2.57. The van der Waals surface area contributed by atoms with Crippen LogP contribution in [-0.4, -0.2) is 103 Å². The van der Waals surface area contributed by atoms with Crippen LogP contribution in [0.15, 0.2) is 24.3 Å². The van der Waals surface area contributed by atoms with Gasteiger partial charge in [-0.1, -0.05) is 0 Å². The van der Waals surface area contributed by atoms with Crippen LogP contribution in [-0.2, 0) is 71.6 Å². The molecule has 2 aromatic rings. The predicted octanol–water partition coefficient (Wildman–Crippen LogP) is 1.77. The van der Waals surface area contributed by atoms with E-state index in [0.717, 1.165) is 86.6 Å². The summed E-state index contributed by atoms with van der Waals surface area (Å²) in [6.07, 6.45) is -5.69. The molecular formula is C38H38O23. The summed E-state index contributed by atoms with van der Waals surface area (Å²) in [5, 5.41) is 0. The summed E-state index contributed by atoms with van der Waals surface area (Å²) in [7, 11) is 0. The molecule has 23 heteroatoms. The molecule has 0 bridgehead atoms. The summed E-state index contributed by atoms with van der Waals surface area (Å²) in [5.74, 6) is -14.9. The fraction of sp³-hybridized carbons (Fsp3) is 0.395. The summed E-state index contributed by atoms with van der Waals surface area (Å²) < 4.78 is 63.2. The van der Waals surface area contributed by atoms with Gasteiger partial charge in [-0.15, -0.1) is 0 Å². The lowest BCUT2D eigenvalue weighted by Gasteiger charge is -2.35. The Morgan fingerprint density at radius 1 is 0.475 bits per heavy atom. The molecule has 0 saturated carbocycles. The van der Waals surface area contributed by atoms with E-state index >= 15 is 0 Å². The molecule has 0 N–H and O–H groups in total. The van der Waals surface area contributed by atoms with Crippen molar-refractivity contribution in [2.24, 2.45) is 0 Å². The second kappa shape index (κ2) is 20.5. The minimum Gasteiger partial charge on any atom is -0.459 e. The van der Waals surface area contributed by atoms with Crippen molar-refractivity contribution >= 4 is 65.7 Å². The molecule has 2 aromatic carbocycles. The number of carbonyl (C=O) groups is 11. The largest absolute Gasteiger partial charge is 0.459 e. The van der Waals surface area contributed by atoms with E-state index in [-0.39, 0.29) is 0 Å². The van der Waals surface area contributed by atoms with Crippen molar-refractivity contribution in [3.8, 4) is 34.5 Å². The first-order valence-corrected chi connectivity index (χ1v) is 17.4. The number of hydrogen-bond acceptors (Lipinski definition) is 23. The van der Waals surface area contributed by atoms with Gasteiger partial charge < -0.3 is 56.8 Å². The first-order chi connectivity index (χ1) is 28.4. The zero-order chi connectivity index (χ0) is 45.9. The van der Waals surface area contributed by atoms with Crippen LogP contribution >= 0.6 is 0 Å². The van der Waals surface area contributed by atoms with Gasteiger partial charge in [0, 0.05) is 62.3 Å². The lowest BCUT2D eigenvalue weighted by Crippen LogP contribution is -2.58. The fourth-order valence-corrected chi connectivity index (χ4v) is 5.41. The van der Waals surface area contributed by atoms with Crippen molar-refractivity contribution in [3.63, 3.8) is 0 Å². The van der Waals surface area contributed by atoms with Gasteiger partial charge in [-0.2, -0.15) is 0 Å². The van der Waals surface area contributed by atoms with Crippen LogP contribution < -0.4 is 28.4 Å². The van der Waals surface area contributed by atoms with Gasteiger partial charge in [0.25, 0.3) is 6.29 Å². The van der Waals surface area contributed by atoms with Gasteiger partial charge >= 0.3 is 65.7 Å². The van der Waals surface area contributed by atoms with Crippen molar-refractivity contribution in [1.82, 2.24) is 0 Å². The van der Waals surface area contributed by atoms with E-state index < -0.39 is 149 Å². The van der Waals surface area contributed by atoms with Crippen LogP contribution in [0.4, 0.5) is 0 Å². The molecule has 0 amide bonds. The number of benzene rings is 2. The maximum atomic E-state index is 13.7. The van der Waals surface area contributed by atoms with E-state index in [2.05, 4.69) is 0 Å². The Labute approximate surface area is 344 Å². The van der Waals surface area contributed by atoms with Crippen LogP contribution in [0.25, 0.3) is 0 Å². The third kappa shape index (κ3) is 13.3. The Kier molecular flexibility index (Phi) is 16.1. The van der Waals surface area contributed by atoms with Crippen molar-refractivity contribution < 1.29 is 110 Å². The van der Waals surface area contributed by atoms with E-state index in [9.17, 15) is 52.7 Å². The minimum absolute atomic E-state index is 0.469. The second-order valence-corrected chi connectivity index (χ2v) is 12.5. The summed E-state index contributed by atoms with van der Waals surface area (Å²) >= 11 is 0. The lowest BCUT2D eigenvalue weighted by atomic mass is 9.95. The highest BCUT2D eigenvalue weighted by Crippen LogP contribution is 2.43. The quantitative estimate of drug-likeness (QED) is 0.140. The first kappa shape index (κ1) is 47.9. The van der Waals surface area contributed by atoms with Crippen molar-refractivity contribution in [3.05, 3.63) is 35.4 Å². The third-order valence-corrected chi connectivity index (χ3v) is 7.24. The molecular weight excluding hydrogens is 824 g/mol. The van der Waals surface area contributed by atoms with Crippen molar-refractivity contribution in [2.75, 3.05) is 13.2 Å². The monoisotopic (exact) mass is 862 g/mol. The Morgan fingerprint density at radius 3 is 1.16 bits per heavy atom. The molecule has 1 saturated heterocycles. The standard InChI is InChI=1S/C38H38O23/c1-16(39)52-27-10-25(11-28(53-17(2)40)32(27)56-20(5)43)35(48)50-14-31-34(58-22(7)45)38(61-24(9)47,37(60-31)59-23(8)46)15-51-36(49)26-12-29(54-18(3)41)33(57-21(6)44)30(13-26)55-19(4)42/h10-13,31,34,37H,14-15H2,1-9H3/t31-,34-,37+,38-/m1/s1. The first-order valence-electron chi connectivity index (χ1n) is 17.4. The van der Waals surface area contributed by atoms with Crippen LogP contribution in [0.1, 0.15) is 83.0 Å². The SMILES string of the molecule is CC(=O)Oc1cc(C(=O)OC[C@H]2O[C@H](OC(C)=O)[C@](COC(=O)c3cc(OC(C)=O)c(OC(C)=O)c(OC(C)=O)c3)(OC(C)=O)[C@@H]2OC(C)=O)cc(OC(C)=O)c1OC(C)=O. The molecule has 1 fully saturated rings. The Balaban J connectivity index is 2.10. The maximum absolute atomic E-state index is 13.7. The summed E-state index contributed by atoms with van der Waals surface area (Å²) in [6, 6.07) is 3.53. The lowest BCUT2D eigenvalue weighted by molar-refractivity contribution is -0.231. The molecule has 0 aromatic heterocycles. The molecule has 0 aliphatic carbocycles. The van der Waals surface area contributed by atoms with Crippen LogP contribution in [0.2, 0.25) is 0 Å². The highest BCUT2D eigenvalue weighted by atomic mass is 16.8. The van der Waals surface area contributed by atoms with E-state index in [1.807, 2.05) is 0 Å². The smallest absolute Gasteiger partial charge is 0.338 e. The molecule has 0 spiro atoms. The van der Waals surface area contributed by atoms with Gasteiger partial charge in [-0.05, 0) is 24.3 Å². The molecule has 61 heavy (non-hydrogen) atoms. The summed E-state index contributed by atoms with van der Waals surface area (Å²) in [6.45, 7) is 6.52. The molecule has 328 valence electrons. The molecule has 1 heterocycles. The maximum Gasteiger partial charge on any atom is 0.338 e. The average molecular weight is 863 g/mol. The summed E-state index contributed by atoms with van der Waals surface area (Å²) in [4.78, 5) is 136. The van der Waals surface area contributed by atoms with Crippen LogP contribution in [0.3, 0.4) is 0 Å². The van der Waals surface area contributed by atoms with Gasteiger partial charge in [0.2, 0.25) is 17.1 Å². The molecule has 4 atom stereocenters. The molecule has 3 rings (SSSR count). The number of rotatable bonds is 15. The molecule has 0 unspecified atom stereocenters. The zero-order valence-corrected chi connectivity index (χ0v) is 33.8. The average Bonchev–Trinajstić information content (AvgIpc) is 3.36. The fourth-order valence-electron chi connectivity index (χ4n) is 5.41. The zero-order valence-electron chi connectivity index (χ0n) is 33.8. The molecule has 1 aliphatic heterocycles. The van der Waals surface area contributed by atoms with E-state index in [0.29, 0.717) is 0 Å². The molecule has 1 aliphatic rings. The van der Waals surface area contributed by atoms with E-state index in [4.69, 9.17) is 56.8 Å². The Morgan fingerprint density at radius 2 is 0.836 bits per heavy atom. The molecule has 0 radical (unpaired) electrons. The van der Waals surface area contributed by atoms with Gasteiger partial charge in [-0.25, -0.2) is 9.59 Å². The van der Waals surface area contributed by atoms with Crippen molar-refractivity contribution in [2.45, 2.75) is 86.4 Å². The predicted molar refractivity (Wildman–Crippen MR) is 192 cm³/mol. The van der Waals surface area contributed by atoms with E-state index in [1.165, 1.54) is 0 Å². The topological polar surface area (TPSA) is 299 Å². The van der Waals surface area contributed by atoms with Crippen LogP contribution in [0, 0.1) is 0 Å². The third-order valence-electron chi connectivity index (χ3n) is 7.24. The Bertz CT molecular complexity index is 2080. The highest BCUT2D eigenvalue weighted by molar-refractivity contribution is 5.93. The number of esters is 11. The Hall–Kier alpha value is -7.43. The van der Waals surface area contributed by atoms with Gasteiger partial charge in [-0.3, -0.25) is 43.2 Å². The second-order valence-electron chi connectivity index (χ2n) is 12.5. The van der Waals surface area contributed by atoms with Gasteiger partial charge in [0.1, 0.15) is 19.3 Å². The van der Waals surface area contributed by atoms with E-state index in [1.54, 1.807) is 0 Å². The summed E-state index contributed by atoms with van der Waals surface area (Å²) in [5.41, 5.74) is -3.57. The number of hydrogen-bond donors (Lipinski definition) is 0. The van der Waals surface area contributed by atoms with Crippen LogP contribution in [0.5, 0.6) is 34.5 Å². The normalized spacial score (nSPS) is 17.6. The van der Waals surface area contributed by atoms with Gasteiger partial charge in [0.15, 0.2) is 29.1 Å². The number of ether oxygens (including phenoxy) is 12. The van der Waals surface area contributed by atoms with Gasteiger partial charge in [0.05, 0.1) is 11.1 Å².